The van der Waals surface area contributed by atoms with Gasteiger partial charge in [0.05, 0.1) is 11.4 Å². The molecule has 2 aromatic carbocycles. The van der Waals surface area contributed by atoms with Crippen LogP contribution in [0.15, 0.2) is 66.7 Å². The van der Waals surface area contributed by atoms with E-state index in [9.17, 15) is 14.4 Å². The molecule has 7 nitrogen and oxygen atoms in total. The summed E-state index contributed by atoms with van der Waals surface area (Å²) in [5, 5.41) is 2.68. The van der Waals surface area contributed by atoms with Gasteiger partial charge >= 0.3 is 5.97 Å². The van der Waals surface area contributed by atoms with Crippen molar-refractivity contribution in [2.45, 2.75) is 33.1 Å². The molecule has 33 heavy (non-hydrogen) atoms. The molecule has 1 aromatic heterocycles. The Morgan fingerprint density at radius 1 is 0.909 bits per heavy atom. The van der Waals surface area contributed by atoms with E-state index in [4.69, 9.17) is 14.2 Å². The second-order valence-electron chi connectivity index (χ2n) is 7.21. The number of benzene rings is 2. The first-order valence-electron chi connectivity index (χ1n) is 10.4. The number of amides is 1. The molecule has 1 amide bonds. The average Bonchev–Trinajstić information content (AvgIpc) is 3.30. The van der Waals surface area contributed by atoms with Crippen molar-refractivity contribution in [1.82, 2.24) is 5.32 Å². The van der Waals surface area contributed by atoms with Crippen molar-refractivity contribution in [3.63, 3.8) is 0 Å². The fourth-order valence-electron chi connectivity index (χ4n) is 2.82. The minimum absolute atomic E-state index is 0.145. The summed E-state index contributed by atoms with van der Waals surface area (Å²) in [6.07, 6.45) is -0.942. The predicted molar refractivity (Wildman–Crippen MR) is 124 cm³/mol. The van der Waals surface area contributed by atoms with Gasteiger partial charge in [0.15, 0.2) is 12.7 Å². The highest BCUT2D eigenvalue weighted by molar-refractivity contribution is 7.14. The largest absolute Gasteiger partial charge is 0.489 e. The molecule has 0 bridgehead atoms. The van der Waals surface area contributed by atoms with Crippen LogP contribution < -0.4 is 14.8 Å². The standard InChI is InChI=1S/C25H25NO6S/c1-17(25(29)23-13-12-22(33-23)14-26-18(2)27)32-24(28)16-31-21-10-8-20(9-11-21)30-15-19-6-4-3-5-7-19/h3-13,17H,14-16H2,1-2H3,(H,26,27). The highest BCUT2D eigenvalue weighted by atomic mass is 32.1. The third-order valence-electron chi connectivity index (χ3n) is 4.52. The predicted octanol–water partition coefficient (Wildman–Crippen LogP) is 4.16. The van der Waals surface area contributed by atoms with E-state index in [0.29, 0.717) is 29.5 Å². The number of rotatable bonds is 11. The Bertz CT molecular complexity index is 1080. The summed E-state index contributed by atoms with van der Waals surface area (Å²) in [7, 11) is 0. The minimum Gasteiger partial charge on any atom is -0.489 e. The van der Waals surface area contributed by atoms with E-state index >= 15 is 0 Å². The van der Waals surface area contributed by atoms with Crippen LogP contribution in [0.5, 0.6) is 11.5 Å². The van der Waals surface area contributed by atoms with Crippen LogP contribution in [0.1, 0.15) is 34.0 Å². The van der Waals surface area contributed by atoms with Crippen molar-refractivity contribution >= 4 is 29.0 Å². The molecule has 1 unspecified atom stereocenters. The molecule has 0 radical (unpaired) electrons. The molecule has 0 saturated carbocycles. The molecule has 0 aliphatic heterocycles. The molecule has 0 fully saturated rings. The summed E-state index contributed by atoms with van der Waals surface area (Å²) in [5.74, 6) is 0.0752. The molecule has 0 aliphatic carbocycles. The quantitative estimate of drug-likeness (QED) is 0.336. The Morgan fingerprint density at radius 3 is 2.24 bits per heavy atom. The fourth-order valence-corrected chi connectivity index (χ4v) is 3.78. The van der Waals surface area contributed by atoms with Crippen molar-refractivity contribution in [1.29, 1.82) is 0 Å². The molecule has 1 atom stereocenters. The third-order valence-corrected chi connectivity index (χ3v) is 5.62. The molecule has 0 spiro atoms. The van der Waals surface area contributed by atoms with E-state index in [0.717, 1.165) is 10.4 Å². The Hall–Kier alpha value is -3.65. The van der Waals surface area contributed by atoms with Crippen molar-refractivity contribution < 1.29 is 28.6 Å². The Morgan fingerprint density at radius 2 is 1.58 bits per heavy atom. The van der Waals surface area contributed by atoms with Gasteiger partial charge < -0.3 is 19.5 Å². The second-order valence-corrected chi connectivity index (χ2v) is 8.37. The number of hydrogen-bond acceptors (Lipinski definition) is 7. The molecular weight excluding hydrogens is 442 g/mol. The van der Waals surface area contributed by atoms with Crippen molar-refractivity contribution in [3.8, 4) is 11.5 Å². The van der Waals surface area contributed by atoms with Gasteiger partial charge in [-0.15, -0.1) is 11.3 Å². The topological polar surface area (TPSA) is 90.9 Å². The summed E-state index contributed by atoms with van der Waals surface area (Å²) < 4.78 is 16.4. The van der Waals surface area contributed by atoms with E-state index < -0.39 is 12.1 Å². The smallest absolute Gasteiger partial charge is 0.344 e. The molecule has 0 saturated heterocycles. The first-order chi connectivity index (χ1) is 15.9. The van der Waals surface area contributed by atoms with E-state index in [1.165, 1.54) is 25.2 Å². The lowest BCUT2D eigenvalue weighted by atomic mass is 10.2. The Kier molecular flexibility index (Phi) is 8.60. The normalized spacial score (nSPS) is 11.3. The molecule has 3 aromatic rings. The van der Waals surface area contributed by atoms with Gasteiger partial charge in [0.1, 0.15) is 18.1 Å². The van der Waals surface area contributed by atoms with Crippen LogP contribution in [-0.2, 0) is 27.5 Å². The maximum Gasteiger partial charge on any atom is 0.344 e. The van der Waals surface area contributed by atoms with Crippen LogP contribution in [0.4, 0.5) is 0 Å². The molecular formula is C25H25NO6S. The van der Waals surface area contributed by atoms with Gasteiger partial charge in [-0.1, -0.05) is 30.3 Å². The van der Waals surface area contributed by atoms with Crippen LogP contribution in [0.3, 0.4) is 0 Å². The Balaban J connectivity index is 1.42. The summed E-state index contributed by atoms with van der Waals surface area (Å²) >= 11 is 1.25. The molecule has 3 rings (SSSR count). The van der Waals surface area contributed by atoms with Gasteiger partial charge in [-0.05, 0) is 48.9 Å². The van der Waals surface area contributed by atoms with E-state index in [2.05, 4.69) is 5.32 Å². The number of ketones is 1. The highest BCUT2D eigenvalue weighted by Crippen LogP contribution is 2.20. The number of hydrogen-bond donors (Lipinski definition) is 1. The number of ether oxygens (including phenoxy) is 3. The SMILES string of the molecule is CC(=O)NCc1ccc(C(=O)C(C)OC(=O)COc2ccc(OCc3ccccc3)cc2)s1. The van der Waals surface area contributed by atoms with E-state index in [-0.39, 0.29) is 18.3 Å². The molecule has 172 valence electrons. The first-order valence-corrected chi connectivity index (χ1v) is 11.2. The number of carbonyl (C=O) groups excluding carboxylic acids is 3. The van der Waals surface area contributed by atoms with Crippen LogP contribution in [0.25, 0.3) is 0 Å². The van der Waals surface area contributed by atoms with Crippen LogP contribution in [0.2, 0.25) is 0 Å². The highest BCUT2D eigenvalue weighted by Gasteiger charge is 2.21. The molecule has 8 heteroatoms. The first kappa shape index (κ1) is 24.0. The second kappa shape index (κ2) is 11.8. The lowest BCUT2D eigenvalue weighted by molar-refractivity contribution is -0.148. The average molecular weight is 468 g/mol. The number of thiophene rings is 1. The van der Waals surface area contributed by atoms with Gasteiger partial charge in [0, 0.05) is 11.8 Å². The van der Waals surface area contributed by atoms with Crippen LogP contribution in [-0.4, -0.2) is 30.4 Å². The van der Waals surface area contributed by atoms with Gasteiger partial charge in [-0.25, -0.2) is 4.79 Å². The third kappa shape index (κ3) is 7.76. The van der Waals surface area contributed by atoms with E-state index in [1.807, 2.05) is 30.3 Å². The van der Waals surface area contributed by atoms with E-state index in [1.54, 1.807) is 36.4 Å². The maximum absolute atomic E-state index is 12.5. The van der Waals surface area contributed by atoms with Crippen molar-refractivity contribution in [2.75, 3.05) is 6.61 Å². The maximum atomic E-state index is 12.5. The summed E-state index contributed by atoms with van der Waals surface area (Å²) in [6.45, 7) is 3.44. The zero-order valence-corrected chi connectivity index (χ0v) is 19.2. The zero-order chi connectivity index (χ0) is 23.6. The summed E-state index contributed by atoms with van der Waals surface area (Å²) in [5.41, 5.74) is 1.07. The zero-order valence-electron chi connectivity index (χ0n) is 18.4. The molecule has 1 heterocycles. The number of nitrogens with one attached hydrogen (secondary N) is 1. The minimum atomic E-state index is -0.942. The van der Waals surface area contributed by atoms with Gasteiger partial charge in [-0.3, -0.25) is 9.59 Å². The lowest BCUT2D eigenvalue weighted by Gasteiger charge is -2.12. The Labute approximate surface area is 196 Å². The van der Waals surface area contributed by atoms with Crippen LogP contribution in [0, 0.1) is 0 Å². The summed E-state index contributed by atoms with van der Waals surface area (Å²) in [4.78, 5) is 36.9. The number of esters is 1. The number of carbonyl (C=O) groups is 3. The summed E-state index contributed by atoms with van der Waals surface area (Å²) in [6, 6.07) is 20.2. The fraction of sp³-hybridized carbons (Fsp3) is 0.240. The lowest BCUT2D eigenvalue weighted by Crippen LogP contribution is -2.26. The molecule has 0 aliphatic rings. The van der Waals surface area contributed by atoms with Gasteiger partial charge in [-0.2, -0.15) is 0 Å². The van der Waals surface area contributed by atoms with Crippen LogP contribution >= 0.6 is 11.3 Å². The number of Topliss-reactive ketones (excluding diaryl/α,β-unsaturated/α-hetero) is 1. The van der Waals surface area contributed by atoms with Crippen molar-refractivity contribution in [2.24, 2.45) is 0 Å². The monoisotopic (exact) mass is 467 g/mol. The van der Waals surface area contributed by atoms with Gasteiger partial charge in [0.25, 0.3) is 0 Å². The molecule has 1 N–H and O–H groups in total. The van der Waals surface area contributed by atoms with Gasteiger partial charge in [0.2, 0.25) is 11.7 Å². The van der Waals surface area contributed by atoms with Crippen molar-refractivity contribution in [3.05, 3.63) is 82.0 Å².